The van der Waals surface area contributed by atoms with Crippen molar-refractivity contribution in [2.24, 2.45) is 7.05 Å². The van der Waals surface area contributed by atoms with Gasteiger partial charge in [0, 0.05) is 45.0 Å². The highest BCUT2D eigenvalue weighted by atomic mass is 16.2. The average molecular weight is 341 g/mol. The molecule has 0 aliphatic carbocycles. The molecule has 0 aromatic carbocycles. The SMILES string of the molecule is CC(=O)N1CCC[C@H]1c1nc(C)ncc1CNC(=O)c1cccn1C. The number of nitrogens with one attached hydrogen (secondary N) is 1. The maximum atomic E-state index is 12.3. The number of hydrogen-bond donors (Lipinski definition) is 1. The molecule has 2 amide bonds. The van der Waals surface area contributed by atoms with Crippen LogP contribution in [0.1, 0.15) is 53.4 Å². The summed E-state index contributed by atoms with van der Waals surface area (Å²) in [6.07, 6.45) is 5.43. The number of carbonyl (C=O) groups is 2. The van der Waals surface area contributed by atoms with E-state index >= 15 is 0 Å². The maximum Gasteiger partial charge on any atom is 0.268 e. The van der Waals surface area contributed by atoms with Gasteiger partial charge in [0.15, 0.2) is 0 Å². The second-order valence-corrected chi connectivity index (χ2v) is 6.39. The van der Waals surface area contributed by atoms with E-state index in [4.69, 9.17) is 0 Å². The van der Waals surface area contributed by atoms with Crippen LogP contribution in [-0.2, 0) is 18.4 Å². The van der Waals surface area contributed by atoms with Gasteiger partial charge >= 0.3 is 0 Å². The van der Waals surface area contributed by atoms with Crippen LogP contribution >= 0.6 is 0 Å². The molecule has 3 rings (SSSR count). The molecule has 1 fully saturated rings. The summed E-state index contributed by atoms with van der Waals surface area (Å²) in [5.74, 6) is 0.578. The molecule has 0 unspecified atom stereocenters. The van der Waals surface area contributed by atoms with Crippen LogP contribution in [0.15, 0.2) is 24.5 Å². The Morgan fingerprint density at radius 2 is 2.20 bits per heavy atom. The third-order valence-corrected chi connectivity index (χ3v) is 4.61. The van der Waals surface area contributed by atoms with Gasteiger partial charge in [-0.1, -0.05) is 0 Å². The van der Waals surface area contributed by atoms with Crippen LogP contribution in [0, 0.1) is 6.92 Å². The summed E-state index contributed by atoms with van der Waals surface area (Å²) < 4.78 is 1.77. The third kappa shape index (κ3) is 3.55. The van der Waals surface area contributed by atoms with Crippen molar-refractivity contribution in [1.82, 2.24) is 24.8 Å². The van der Waals surface area contributed by atoms with Crippen molar-refractivity contribution < 1.29 is 9.59 Å². The van der Waals surface area contributed by atoms with Gasteiger partial charge in [0.1, 0.15) is 11.5 Å². The Kier molecular flexibility index (Phi) is 4.83. The Morgan fingerprint density at radius 3 is 2.88 bits per heavy atom. The summed E-state index contributed by atoms with van der Waals surface area (Å²) in [7, 11) is 1.83. The van der Waals surface area contributed by atoms with Crippen molar-refractivity contribution in [2.45, 2.75) is 39.3 Å². The predicted octanol–water partition coefficient (Wildman–Crippen LogP) is 1.74. The molecule has 3 heterocycles. The molecule has 0 saturated carbocycles. The largest absolute Gasteiger partial charge is 0.347 e. The first kappa shape index (κ1) is 17.1. The van der Waals surface area contributed by atoms with Crippen molar-refractivity contribution in [2.75, 3.05) is 6.54 Å². The summed E-state index contributed by atoms with van der Waals surface area (Å²) in [6.45, 7) is 4.51. The molecule has 0 spiro atoms. The smallest absolute Gasteiger partial charge is 0.268 e. The lowest BCUT2D eigenvalue weighted by atomic mass is 10.1. The fourth-order valence-electron chi connectivity index (χ4n) is 3.33. The molecule has 1 atom stereocenters. The number of nitrogens with zero attached hydrogens (tertiary/aromatic N) is 4. The van der Waals surface area contributed by atoms with E-state index in [1.807, 2.05) is 31.1 Å². The van der Waals surface area contributed by atoms with Crippen molar-refractivity contribution in [3.05, 3.63) is 47.3 Å². The summed E-state index contributed by atoms with van der Waals surface area (Å²) in [5, 5.41) is 2.93. The van der Waals surface area contributed by atoms with Crippen molar-refractivity contribution in [3.8, 4) is 0 Å². The minimum absolute atomic E-state index is 0.0406. The maximum absolute atomic E-state index is 12.3. The Hall–Kier alpha value is -2.70. The second kappa shape index (κ2) is 7.04. The van der Waals surface area contributed by atoms with Gasteiger partial charge in [-0.3, -0.25) is 9.59 Å². The third-order valence-electron chi connectivity index (χ3n) is 4.61. The molecule has 1 N–H and O–H groups in total. The predicted molar refractivity (Wildman–Crippen MR) is 92.7 cm³/mol. The lowest BCUT2D eigenvalue weighted by Crippen LogP contribution is -2.31. The van der Waals surface area contributed by atoms with Gasteiger partial charge in [0.05, 0.1) is 11.7 Å². The van der Waals surface area contributed by atoms with Gasteiger partial charge < -0.3 is 14.8 Å². The van der Waals surface area contributed by atoms with E-state index in [9.17, 15) is 9.59 Å². The summed E-state index contributed by atoms with van der Waals surface area (Å²) in [5.41, 5.74) is 2.29. The molecule has 7 heteroatoms. The van der Waals surface area contributed by atoms with E-state index in [0.717, 1.165) is 30.6 Å². The van der Waals surface area contributed by atoms with Crippen molar-refractivity contribution >= 4 is 11.8 Å². The van der Waals surface area contributed by atoms with Gasteiger partial charge in [-0.15, -0.1) is 0 Å². The molecule has 2 aromatic rings. The highest BCUT2D eigenvalue weighted by molar-refractivity contribution is 5.92. The van der Waals surface area contributed by atoms with Crippen LogP contribution in [0.5, 0.6) is 0 Å². The van der Waals surface area contributed by atoms with Crippen LogP contribution in [0.25, 0.3) is 0 Å². The zero-order chi connectivity index (χ0) is 18.0. The lowest BCUT2D eigenvalue weighted by molar-refractivity contribution is -0.129. The number of hydrogen-bond acceptors (Lipinski definition) is 4. The molecule has 1 aliphatic rings. The number of amides is 2. The Morgan fingerprint density at radius 1 is 1.40 bits per heavy atom. The summed E-state index contributed by atoms with van der Waals surface area (Å²) in [6, 6.07) is 3.57. The van der Waals surface area contributed by atoms with Crippen LogP contribution < -0.4 is 5.32 Å². The summed E-state index contributed by atoms with van der Waals surface area (Å²) >= 11 is 0. The Bertz CT molecular complexity index is 799. The first-order valence-corrected chi connectivity index (χ1v) is 8.46. The second-order valence-electron chi connectivity index (χ2n) is 6.39. The molecular weight excluding hydrogens is 318 g/mol. The van der Waals surface area contributed by atoms with E-state index in [0.29, 0.717) is 18.1 Å². The standard InChI is InChI=1S/C18H23N5O2/c1-12-19-10-14(11-20-18(25)16-7-4-8-22(16)3)17(21-12)15-6-5-9-23(15)13(2)24/h4,7-8,10,15H,5-6,9,11H2,1-3H3,(H,20,25)/t15-/m0/s1. The number of aromatic nitrogens is 3. The first-order chi connectivity index (χ1) is 12.0. The van der Waals surface area contributed by atoms with Gasteiger partial charge in [-0.25, -0.2) is 9.97 Å². The van der Waals surface area contributed by atoms with E-state index in [2.05, 4.69) is 15.3 Å². The van der Waals surface area contributed by atoms with Gasteiger partial charge in [-0.2, -0.15) is 0 Å². The van der Waals surface area contributed by atoms with Gasteiger partial charge in [-0.05, 0) is 31.9 Å². The monoisotopic (exact) mass is 341 g/mol. The zero-order valence-corrected chi connectivity index (χ0v) is 14.8. The van der Waals surface area contributed by atoms with Crippen LogP contribution in [0.4, 0.5) is 0 Å². The zero-order valence-electron chi connectivity index (χ0n) is 14.8. The number of likely N-dealkylation sites (tertiary alicyclic amines) is 1. The Labute approximate surface area is 147 Å². The van der Waals surface area contributed by atoms with Crippen LogP contribution in [-0.4, -0.2) is 37.8 Å². The van der Waals surface area contributed by atoms with E-state index in [1.165, 1.54) is 0 Å². The van der Waals surface area contributed by atoms with Crippen LogP contribution in [0.2, 0.25) is 0 Å². The Balaban J connectivity index is 1.81. The summed E-state index contributed by atoms with van der Waals surface area (Å²) in [4.78, 5) is 34.9. The fraction of sp³-hybridized carbons (Fsp3) is 0.444. The highest BCUT2D eigenvalue weighted by Crippen LogP contribution is 2.32. The average Bonchev–Trinajstić information content (AvgIpc) is 3.22. The molecule has 1 aliphatic heterocycles. The van der Waals surface area contributed by atoms with Gasteiger partial charge in [0.2, 0.25) is 5.91 Å². The molecule has 25 heavy (non-hydrogen) atoms. The first-order valence-electron chi connectivity index (χ1n) is 8.46. The molecule has 7 nitrogen and oxygen atoms in total. The number of carbonyl (C=O) groups excluding carboxylic acids is 2. The van der Waals surface area contributed by atoms with Gasteiger partial charge in [0.25, 0.3) is 5.91 Å². The number of rotatable bonds is 4. The topological polar surface area (TPSA) is 80.1 Å². The molecule has 0 radical (unpaired) electrons. The minimum atomic E-state index is -0.145. The van der Waals surface area contributed by atoms with E-state index in [1.54, 1.807) is 23.8 Å². The molecule has 2 aromatic heterocycles. The normalized spacial score (nSPS) is 16.9. The van der Waals surface area contributed by atoms with Crippen LogP contribution in [0.3, 0.4) is 0 Å². The molecule has 0 bridgehead atoms. The van der Waals surface area contributed by atoms with E-state index < -0.39 is 0 Å². The van der Waals surface area contributed by atoms with Crippen molar-refractivity contribution in [3.63, 3.8) is 0 Å². The molecule has 132 valence electrons. The van der Waals surface area contributed by atoms with Crippen molar-refractivity contribution in [1.29, 1.82) is 0 Å². The molecular formula is C18H23N5O2. The minimum Gasteiger partial charge on any atom is -0.347 e. The lowest BCUT2D eigenvalue weighted by Gasteiger charge is -2.25. The van der Waals surface area contributed by atoms with E-state index in [-0.39, 0.29) is 17.9 Å². The quantitative estimate of drug-likeness (QED) is 0.918. The highest BCUT2D eigenvalue weighted by Gasteiger charge is 2.31. The fourth-order valence-corrected chi connectivity index (χ4v) is 3.33. The molecule has 1 saturated heterocycles. The number of aryl methyl sites for hydroxylation is 2.